The summed E-state index contributed by atoms with van der Waals surface area (Å²) in [6.45, 7) is 14.1. The van der Waals surface area contributed by atoms with Gasteiger partial charge in [-0.05, 0) is 94.9 Å². The van der Waals surface area contributed by atoms with Gasteiger partial charge in [-0.25, -0.2) is 0 Å². The standard InChI is InChI=1S/C32H38BNO5/c1-30(2,3)37-29(35)21-26-10-8-9-11-28(26)36-22-25-18-24(13-12-23-14-16-34-17-15-23)19-27(20-25)33-38-31(4,5)32(6,7)39-33/h8-20H,21-22H2,1-7H3/b13-12+. The highest BCUT2D eigenvalue weighted by molar-refractivity contribution is 6.62. The van der Waals surface area contributed by atoms with E-state index < -0.39 is 23.9 Å². The van der Waals surface area contributed by atoms with Crippen LogP contribution in [0.4, 0.5) is 0 Å². The Kier molecular flexibility index (Phi) is 8.33. The first-order valence-corrected chi connectivity index (χ1v) is 13.3. The number of benzene rings is 2. The summed E-state index contributed by atoms with van der Waals surface area (Å²) in [6, 6.07) is 17.7. The molecule has 3 aromatic rings. The number of carbonyl (C=O) groups excluding carboxylic acids is 1. The van der Waals surface area contributed by atoms with Gasteiger partial charge in [0.2, 0.25) is 0 Å². The van der Waals surface area contributed by atoms with Crippen LogP contribution < -0.4 is 10.2 Å². The summed E-state index contributed by atoms with van der Waals surface area (Å²) >= 11 is 0. The van der Waals surface area contributed by atoms with Crippen molar-refractivity contribution in [3.8, 4) is 5.75 Å². The van der Waals surface area contributed by atoms with E-state index in [9.17, 15) is 4.79 Å². The van der Waals surface area contributed by atoms with Crippen LogP contribution >= 0.6 is 0 Å². The monoisotopic (exact) mass is 527 g/mol. The summed E-state index contributed by atoms with van der Waals surface area (Å²) in [5.74, 6) is 0.364. The van der Waals surface area contributed by atoms with Crippen LogP contribution in [-0.2, 0) is 31.9 Å². The fourth-order valence-electron chi connectivity index (χ4n) is 4.19. The van der Waals surface area contributed by atoms with Crippen molar-refractivity contribution in [2.45, 2.75) is 78.3 Å². The van der Waals surface area contributed by atoms with Crippen molar-refractivity contribution in [1.29, 1.82) is 0 Å². The molecule has 0 radical (unpaired) electrons. The predicted octanol–water partition coefficient (Wildman–Crippen LogP) is 6.01. The minimum atomic E-state index is -0.541. The van der Waals surface area contributed by atoms with Crippen molar-refractivity contribution in [3.05, 3.63) is 89.2 Å². The van der Waals surface area contributed by atoms with E-state index in [-0.39, 0.29) is 12.4 Å². The van der Waals surface area contributed by atoms with E-state index in [0.29, 0.717) is 12.4 Å². The number of aromatic nitrogens is 1. The lowest BCUT2D eigenvalue weighted by atomic mass is 9.77. The van der Waals surface area contributed by atoms with Gasteiger partial charge in [-0.1, -0.05) is 42.5 Å². The minimum Gasteiger partial charge on any atom is -0.489 e. The zero-order chi connectivity index (χ0) is 28.3. The number of ether oxygens (including phenoxy) is 2. The van der Waals surface area contributed by atoms with Crippen LogP contribution in [0, 0.1) is 0 Å². The van der Waals surface area contributed by atoms with E-state index in [4.69, 9.17) is 18.8 Å². The van der Waals surface area contributed by atoms with Crippen molar-refractivity contribution in [1.82, 2.24) is 4.98 Å². The van der Waals surface area contributed by atoms with Crippen LogP contribution in [0.15, 0.2) is 67.0 Å². The molecule has 0 spiro atoms. The molecular weight excluding hydrogens is 489 g/mol. The Morgan fingerprint density at radius 1 is 0.923 bits per heavy atom. The quantitative estimate of drug-likeness (QED) is 0.264. The number of rotatable bonds is 8. The molecule has 6 nitrogen and oxygen atoms in total. The summed E-state index contributed by atoms with van der Waals surface area (Å²) in [4.78, 5) is 16.6. The van der Waals surface area contributed by atoms with Gasteiger partial charge < -0.3 is 18.8 Å². The number of para-hydroxylation sites is 1. The van der Waals surface area contributed by atoms with Gasteiger partial charge in [0.25, 0.3) is 0 Å². The highest BCUT2D eigenvalue weighted by atomic mass is 16.7. The van der Waals surface area contributed by atoms with Gasteiger partial charge in [0.05, 0.1) is 17.6 Å². The summed E-state index contributed by atoms with van der Waals surface area (Å²) < 4.78 is 24.4. The normalized spacial score (nSPS) is 16.4. The van der Waals surface area contributed by atoms with Crippen molar-refractivity contribution in [2.24, 2.45) is 0 Å². The van der Waals surface area contributed by atoms with E-state index >= 15 is 0 Å². The molecule has 1 fully saturated rings. The van der Waals surface area contributed by atoms with Gasteiger partial charge in [-0.15, -0.1) is 0 Å². The van der Waals surface area contributed by atoms with Crippen LogP contribution in [0.25, 0.3) is 12.2 Å². The minimum absolute atomic E-state index is 0.140. The molecule has 4 rings (SSSR count). The van der Waals surface area contributed by atoms with Crippen molar-refractivity contribution >= 4 is 30.7 Å². The van der Waals surface area contributed by atoms with Crippen molar-refractivity contribution in [2.75, 3.05) is 0 Å². The third kappa shape index (κ3) is 7.58. The second-order valence-corrected chi connectivity index (χ2v) is 11.9. The van der Waals surface area contributed by atoms with Crippen LogP contribution in [-0.4, -0.2) is 34.9 Å². The average molecular weight is 527 g/mol. The summed E-state index contributed by atoms with van der Waals surface area (Å²) in [5.41, 5.74) is 3.29. The molecule has 1 aromatic heterocycles. The Morgan fingerprint density at radius 2 is 1.56 bits per heavy atom. The molecule has 7 heteroatoms. The molecule has 204 valence electrons. The lowest BCUT2D eigenvalue weighted by Gasteiger charge is -2.32. The van der Waals surface area contributed by atoms with Gasteiger partial charge in [0.15, 0.2) is 0 Å². The Hall–Kier alpha value is -3.42. The maximum atomic E-state index is 12.5. The topological polar surface area (TPSA) is 66.9 Å². The molecule has 2 aromatic carbocycles. The Balaban J connectivity index is 1.59. The van der Waals surface area contributed by atoms with Gasteiger partial charge in [-0.3, -0.25) is 9.78 Å². The zero-order valence-electron chi connectivity index (χ0n) is 24.0. The molecule has 0 saturated carbocycles. The summed E-state index contributed by atoms with van der Waals surface area (Å²) in [6.07, 6.45) is 7.79. The Bertz CT molecular complexity index is 1310. The van der Waals surface area contributed by atoms with E-state index in [1.165, 1.54) is 0 Å². The zero-order valence-corrected chi connectivity index (χ0v) is 24.0. The predicted molar refractivity (Wildman–Crippen MR) is 156 cm³/mol. The number of hydrogen-bond donors (Lipinski definition) is 0. The Morgan fingerprint density at radius 3 is 2.23 bits per heavy atom. The lowest BCUT2D eigenvalue weighted by Crippen LogP contribution is -2.41. The number of carbonyl (C=O) groups is 1. The van der Waals surface area contributed by atoms with Crippen molar-refractivity contribution < 1.29 is 23.6 Å². The molecule has 0 atom stereocenters. The second-order valence-electron chi connectivity index (χ2n) is 11.9. The maximum Gasteiger partial charge on any atom is 0.494 e. The molecule has 39 heavy (non-hydrogen) atoms. The largest absolute Gasteiger partial charge is 0.494 e. The van der Waals surface area contributed by atoms with Gasteiger partial charge in [0, 0.05) is 18.0 Å². The average Bonchev–Trinajstić information content (AvgIpc) is 3.08. The van der Waals surface area contributed by atoms with Crippen LogP contribution in [0.5, 0.6) is 5.75 Å². The van der Waals surface area contributed by atoms with Crippen LogP contribution in [0.3, 0.4) is 0 Å². The maximum absolute atomic E-state index is 12.5. The SMILES string of the molecule is CC(C)(C)OC(=O)Cc1ccccc1OCc1cc(/C=C/c2ccncc2)cc(B2OC(C)(C)C(C)(C)O2)c1. The summed E-state index contributed by atoms with van der Waals surface area (Å²) in [7, 11) is -0.498. The molecule has 1 aliphatic rings. The van der Waals surface area contributed by atoms with Gasteiger partial charge >= 0.3 is 13.1 Å². The smallest absolute Gasteiger partial charge is 0.489 e. The molecular formula is C32H38BNO5. The number of esters is 1. The van der Waals surface area contributed by atoms with E-state index in [0.717, 1.165) is 27.7 Å². The lowest BCUT2D eigenvalue weighted by molar-refractivity contribution is -0.153. The van der Waals surface area contributed by atoms with Gasteiger partial charge in [-0.2, -0.15) is 0 Å². The van der Waals surface area contributed by atoms with E-state index in [2.05, 4.69) is 29.3 Å². The highest BCUT2D eigenvalue weighted by Gasteiger charge is 2.51. The second kappa shape index (κ2) is 11.4. The van der Waals surface area contributed by atoms with E-state index in [1.807, 2.05) is 90.9 Å². The molecule has 0 aliphatic carbocycles. The fourth-order valence-corrected chi connectivity index (χ4v) is 4.19. The van der Waals surface area contributed by atoms with E-state index in [1.54, 1.807) is 12.4 Å². The number of nitrogens with zero attached hydrogens (tertiary/aromatic N) is 1. The fraction of sp³-hybridized carbons (Fsp3) is 0.375. The molecule has 0 bridgehead atoms. The summed E-state index contributed by atoms with van der Waals surface area (Å²) in [5, 5.41) is 0. The first kappa shape index (κ1) is 28.6. The molecule has 1 saturated heterocycles. The molecule has 0 amide bonds. The first-order valence-electron chi connectivity index (χ1n) is 13.3. The van der Waals surface area contributed by atoms with Gasteiger partial charge in [0.1, 0.15) is 18.0 Å². The first-order chi connectivity index (χ1) is 18.3. The van der Waals surface area contributed by atoms with Crippen LogP contribution in [0.2, 0.25) is 0 Å². The number of pyridine rings is 1. The molecule has 2 heterocycles. The molecule has 1 aliphatic heterocycles. The molecule has 0 unspecified atom stereocenters. The van der Waals surface area contributed by atoms with Crippen LogP contribution in [0.1, 0.15) is 70.7 Å². The number of hydrogen-bond acceptors (Lipinski definition) is 6. The van der Waals surface area contributed by atoms with Crippen molar-refractivity contribution in [3.63, 3.8) is 0 Å². The Labute approximate surface area is 232 Å². The highest BCUT2D eigenvalue weighted by Crippen LogP contribution is 2.36. The third-order valence-corrected chi connectivity index (χ3v) is 6.86. The third-order valence-electron chi connectivity index (χ3n) is 6.86. The molecule has 0 N–H and O–H groups in total.